The fraction of sp³-hybridized carbons (Fsp3) is 0.0526. The van der Waals surface area contributed by atoms with E-state index < -0.39 is 10.0 Å². The SMILES string of the molecule is O=S(=O)(Nc1cccc(C2=NCC=C2c2ccncc2)c1)c1cccs1. The third kappa shape index (κ3) is 3.31. The summed E-state index contributed by atoms with van der Waals surface area (Å²) in [6.07, 6.45) is 5.56. The Morgan fingerprint density at radius 3 is 2.62 bits per heavy atom. The second-order valence-corrected chi connectivity index (χ2v) is 8.52. The quantitative estimate of drug-likeness (QED) is 0.730. The van der Waals surface area contributed by atoms with Crippen LogP contribution in [0, 0.1) is 0 Å². The summed E-state index contributed by atoms with van der Waals surface area (Å²) in [6, 6.07) is 14.5. The Morgan fingerprint density at radius 2 is 1.85 bits per heavy atom. The van der Waals surface area contributed by atoms with Crippen LogP contribution in [0.3, 0.4) is 0 Å². The molecule has 1 aliphatic rings. The predicted molar refractivity (Wildman–Crippen MR) is 105 cm³/mol. The van der Waals surface area contributed by atoms with E-state index in [1.54, 1.807) is 36.0 Å². The third-order valence-electron chi connectivity index (χ3n) is 3.94. The molecule has 2 aromatic heterocycles. The molecule has 130 valence electrons. The van der Waals surface area contributed by atoms with Crippen LogP contribution in [-0.4, -0.2) is 25.7 Å². The lowest BCUT2D eigenvalue weighted by atomic mass is 9.97. The van der Waals surface area contributed by atoms with Crippen molar-refractivity contribution in [3.05, 3.63) is 83.5 Å². The molecular formula is C19H15N3O2S2. The molecule has 1 aromatic carbocycles. The fourth-order valence-corrected chi connectivity index (χ4v) is 4.84. The molecule has 3 aromatic rings. The molecule has 0 amide bonds. The standard InChI is InChI=1S/C19H15N3O2S2/c23-26(24,18-5-2-12-25-18)22-16-4-1-3-15(13-16)19-17(8-11-21-19)14-6-9-20-10-7-14/h1-10,12-13,22H,11H2. The average Bonchev–Trinajstić information content (AvgIpc) is 3.34. The second-order valence-electron chi connectivity index (χ2n) is 5.66. The number of anilines is 1. The summed E-state index contributed by atoms with van der Waals surface area (Å²) >= 11 is 1.19. The predicted octanol–water partition coefficient (Wildman–Crippen LogP) is 3.83. The van der Waals surface area contributed by atoms with Gasteiger partial charge in [-0.1, -0.05) is 24.3 Å². The number of pyridine rings is 1. The van der Waals surface area contributed by atoms with Gasteiger partial charge in [0.05, 0.1) is 12.3 Å². The largest absolute Gasteiger partial charge is 0.280 e. The van der Waals surface area contributed by atoms with Crippen LogP contribution < -0.4 is 4.72 Å². The molecule has 0 saturated carbocycles. The van der Waals surface area contributed by atoms with Gasteiger partial charge in [-0.2, -0.15) is 0 Å². The smallest absolute Gasteiger partial charge is 0.271 e. The highest BCUT2D eigenvalue weighted by Crippen LogP contribution is 2.26. The second kappa shape index (κ2) is 6.86. The first-order valence-electron chi connectivity index (χ1n) is 7.96. The van der Waals surface area contributed by atoms with Gasteiger partial charge in [-0.05, 0) is 41.3 Å². The fourth-order valence-electron chi connectivity index (χ4n) is 2.79. The van der Waals surface area contributed by atoms with Gasteiger partial charge in [0.2, 0.25) is 0 Å². The Balaban J connectivity index is 1.64. The van der Waals surface area contributed by atoms with Crippen LogP contribution in [0.4, 0.5) is 5.69 Å². The minimum absolute atomic E-state index is 0.290. The topological polar surface area (TPSA) is 71.4 Å². The highest BCUT2D eigenvalue weighted by Gasteiger charge is 2.18. The van der Waals surface area contributed by atoms with Crippen LogP contribution in [0.25, 0.3) is 5.57 Å². The van der Waals surface area contributed by atoms with Crippen molar-refractivity contribution >= 4 is 38.3 Å². The summed E-state index contributed by atoms with van der Waals surface area (Å²) in [7, 11) is -3.57. The van der Waals surface area contributed by atoms with Gasteiger partial charge in [0.1, 0.15) is 4.21 Å². The highest BCUT2D eigenvalue weighted by molar-refractivity contribution is 7.94. The molecule has 26 heavy (non-hydrogen) atoms. The number of aliphatic imine (C=N–C) groups is 1. The molecule has 7 heteroatoms. The van der Waals surface area contributed by atoms with E-state index in [2.05, 4.69) is 20.8 Å². The minimum Gasteiger partial charge on any atom is -0.280 e. The molecule has 1 N–H and O–H groups in total. The number of benzene rings is 1. The molecule has 0 atom stereocenters. The summed E-state index contributed by atoms with van der Waals surface area (Å²) in [6.45, 7) is 0.609. The maximum absolute atomic E-state index is 12.4. The maximum atomic E-state index is 12.4. The molecule has 0 aliphatic carbocycles. The van der Waals surface area contributed by atoms with Crippen molar-refractivity contribution in [2.45, 2.75) is 4.21 Å². The van der Waals surface area contributed by atoms with Crippen LogP contribution >= 0.6 is 11.3 Å². The van der Waals surface area contributed by atoms with Crippen molar-refractivity contribution in [1.29, 1.82) is 0 Å². The van der Waals surface area contributed by atoms with E-state index in [0.29, 0.717) is 16.4 Å². The van der Waals surface area contributed by atoms with Gasteiger partial charge in [0, 0.05) is 29.2 Å². The first kappa shape index (κ1) is 16.7. The van der Waals surface area contributed by atoms with Gasteiger partial charge in [-0.15, -0.1) is 11.3 Å². The van der Waals surface area contributed by atoms with Gasteiger partial charge in [0.15, 0.2) is 0 Å². The number of hydrogen-bond acceptors (Lipinski definition) is 5. The van der Waals surface area contributed by atoms with Crippen LogP contribution in [0.1, 0.15) is 11.1 Å². The molecule has 0 radical (unpaired) electrons. The van der Waals surface area contributed by atoms with E-state index in [1.807, 2.05) is 30.3 Å². The van der Waals surface area contributed by atoms with E-state index in [-0.39, 0.29) is 0 Å². The number of thiophene rings is 1. The van der Waals surface area contributed by atoms with Crippen LogP contribution in [0.15, 0.2) is 81.6 Å². The molecule has 1 aliphatic heterocycles. The number of nitrogens with one attached hydrogen (secondary N) is 1. The molecule has 0 spiro atoms. The van der Waals surface area contributed by atoms with Crippen molar-refractivity contribution in [3.63, 3.8) is 0 Å². The van der Waals surface area contributed by atoms with Crippen LogP contribution in [0.2, 0.25) is 0 Å². The van der Waals surface area contributed by atoms with Crippen molar-refractivity contribution in [1.82, 2.24) is 4.98 Å². The van der Waals surface area contributed by atoms with Crippen molar-refractivity contribution in [2.24, 2.45) is 4.99 Å². The molecule has 4 rings (SSSR count). The Morgan fingerprint density at radius 1 is 1.00 bits per heavy atom. The minimum atomic E-state index is -3.57. The number of sulfonamides is 1. The van der Waals surface area contributed by atoms with Gasteiger partial charge in [-0.25, -0.2) is 8.42 Å². The number of rotatable bonds is 5. The van der Waals surface area contributed by atoms with E-state index in [4.69, 9.17) is 0 Å². The normalized spacial score (nSPS) is 14.0. The van der Waals surface area contributed by atoms with Crippen molar-refractivity contribution in [3.8, 4) is 0 Å². The van der Waals surface area contributed by atoms with Gasteiger partial charge in [0.25, 0.3) is 10.0 Å². The summed E-state index contributed by atoms with van der Waals surface area (Å²) in [5.41, 5.74) is 4.32. The number of aromatic nitrogens is 1. The Labute approximate surface area is 155 Å². The lowest BCUT2D eigenvalue weighted by Gasteiger charge is -2.11. The monoisotopic (exact) mass is 381 g/mol. The number of allylic oxidation sites excluding steroid dienone is 1. The van der Waals surface area contributed by atoms with Crippen molar-refractivity contribution in [2.75, 3.05) is 11.3 Å². The van der Waals surface area contributed by atoms with Crippen LogP contribution in [0.5, 0.6) is 0 Å². The van der Waals surface area contributed by atoms with E-state index in [0.717, 1.165) is 22.4 Å². The highest BCUT2D eigenvalue weighted by atomic mass is 32.2. The summed E-state index contributed by atoms with van der Waals surface area (Å²) in [5, 5.41) is 1.74. The zero-order chi connectivity index (χ0) is 18.0. The molecule has 0 unspecified atom stereocenters. The lowest BCUT2D eigenvalue weighted by molar-refractivity contribution is 0.603. The number of hydrogen-bond donors (Lipinski definition) is 1. The Kier molecular flexibility index (Phi) is 4.40. The zero-order valence-electron chi connectivity index (χ0n) is 13.7. The van der Waals surface area contributed by atoms with E-state index in [9.17, 15) is 8.42 Å². The zero-order valence-corrected chi connectivity index (χ0v) is 15.3. The summed E-state index contributed by atoms with van der Waals surface area (Å²) < 4.78 is 27.8. The van der Waals surface area contributed by atoms with Crippen molar-refractivity contribution < 1.29 is 8.42 Å². The summed E-state index contributed by atoms with van der Waals surface area (Å²) in [5.74, 6) is 0. The van der Waals surface area contributed by atoms with Gasteiger partial charge < -0.3 is 0 Å². The third-order valence-corrected chi connectivity index (χ3v) is 6.72. The first-order valence-corrected chi connectivity index (χ1v) is 10.3. The van der Waals surface area contributed by atoms with E-state index in [1.165, 1.54) is 11.3 Å². The lowest BCUT2D eigenvalue weighted by Crippen LogP contribution is -2.12. The molecular weight excluding hydrogens is 366 g/mol. The first-order chi connectivity index (χ1) is 12.6. The average molecular weight is 381 g/mol. The molecule has 0 saturated heterocycles. The molecule has 0 bridgehead atoms. The molecule has 3 heterocycles. The van der Waals surface area contributed by atoms with Gasteiger partial charge in [-0.3, -0.25) is 14.7 Å². The Hall–Kier alpha value is -2.77. The molecule has 0 fully saturated rings. The van der Waals surface area contributed by atoms with E-state index >= 15 is 0 Å². The summed E-state index contributed by atoms with van der Waals surface area (Å²) in [4.78, 5) is 8.63. The van der Waals surface area contributed by atoms with Crippen LogP contribution in [-0.2, 0) is 10.0 Å². The van der Waals surface area contributed by atoms with Gasteiger partial charge >= 0.3 is 0 Å². The molecule has 5 nitrogen and oxygen atoms in total. The number of nitrogens with zero attached hydrogens (tertiary/aromatic N) is 2. The Bertz CT molecular complexity index is 1090. The maximum Gasteiger partial charge on any atom is 0.271 e.